The van der Waals surface area contributed by atoms with Crippen LogP contribution in [0.1, 0.15) is 24.0 Å². The summed E-state index contributed by atoms with van der Waals surface area (Å²) in [5, 5.41) is 6.70. The van der Waals surface area contributed by atoms with E-state index < -0.39 is 0 Å². The van der Waals surface area contributed by atoms with E-state index in [2.05, 4.69) is 37.6 Å². The molecule has 0 atom stereocenters. The minimum atomic E-state index is 0.687. The summed E-state index contributed by atoms with van der Waals surface area (Å²) in [5.74, 6) is 2.70. The van der Waals surface area contributed by atoms with Gasteiger partial charge in [0.2, 0.25) is 0 Å². The molecule has 2 heterocycles. The molecule has 3 rings (SSSR count). The molecular weight excluding hydrogens is 326 g/mol. The number of nitrogens with zero attached hydrogens (tertiary/aromatic N) is 3. The molecule has 1 aliphatic rings. The second-order valence-corrected chi connectivity index (χ2v) is 6.35. The van der Waals surface area contributed by atoms with Crippen molar-refractivity contribution in [2.45, 2.75) is 25.9 Å². The maximum atomic E-state index is 5.26. The number of nitrogens with one attached hydrogen (secondary N) is 2. The molecule has 1 saturated heterocycles. The van der Waals surface area contributed by atoms with E-state index in [4.69, 9.17) is 4.74 Å². The predicted octanol–water partition coefficient (Wildman–Crippen LogP) is 2.56. The normalized spacial score (nSPS) is 14.4. The molecule has 2 N–H and O–H groups in total. The molecule has 0 amide bonds. The van der Waals surface area contributed by atoms with E-state index >= 15 is 0 Å². The highest BCUT2D eigenvalue weighted by Crippen LogP contribution is 2.18. The molecule has 0 bridgehead atoms. The quantitative estimate of drug-likeness (QED) is 0.617. The summed E-state index contributed by atoms with van der Waals surface area (Å²) >= 11 is 0. The molecule has 1 aliphatic heterocycles. The Morgan fingerprint density at radius 1 is 1.12 bits per heavy atom. The summed E-state index contributed by atoms with van der Waals surface area (Å²) in [6.07, 6.45) is 4.40. The van der Waals surface area contributed by atoms with Crippen molar-refractivity contribution in [1.29, 1.82) is 0 Å². The van der Waals surface area contributed by atoms with Crippen molar-refractivity contribution < 1.29 is 4.74 Å². The van der Waals surface area contributed by atoms with Crippen LogP contribution in [0.15, 0.2) is 47.6 Å². The highest BCUT2D eigenvalue weighted by molar-refractivity contribution is 5.79. The number of aromatic nitrogens is 1. The van der Waals surface area contributed by atoms with Crippen molar-refractivity contribution in [2.24, 2.45) is 4.99 Å². The third kappa shape index (κ3) is 4.88. The zero-order valence-electron chi connectivity index (χ0n) is 15.5. The molecule has 1 aromatic carbocycles. The molecule has 2 aromatic rings. The molecule has 0 aliphatic carbocycles. The first kappa shape index (κ1) is 18.0. The number of hydrogen-bond donors (Lipinski definition) is 2. The van der Waals surface area contributed by atoms with E-state index in [0.717, 1.165) is 36.2 Å². The fourth-order valence-electron chi connectivity index (χ4n) is 3.06. The monoisotopic (exact) mass is 353 g/mol. The van der Waals surface area contributed by atoms with Gasteiger partial charge in [0.05, 0.1) is 7.11 Å². The van der Waals surface area contributed by atoms with Gasteiger partial charge in [-0.25, -0.2) is 4.98 Å². The van der Waals surface area contributed by atoms with Gasteiger partial charge in [-0.15, -0.1) is 0 Å². The molecule has 6 heteroatoms. The van der Waals surface area contributed by atoms with Gasteiger partial charge in [-0.1, -0.05) is 12.1 Å². The molecule has 0 radical (unpaired) electrons. The van der Waals surface area contributed by atoms with Crippen molar-refractivity contribution in [2.75, 3.05) is 32.1 Å². The van der Waals surface area contributed by atoms with Crippen LogP contribution >= 0.6 is 0 Å². The number of guanidine groups is 1. The van der Waals surface area contributed by atoms with E-state index in [1.165, 1.54) is 18.4 Å². The van der Waals surface area contributed by atoms with Gasteiger partial charge in [-0.05, 0) is 48.2 Å². The van der Waals surface area contributed by atoms with Crippen molar-refractivity contribution in [3.05, 3.63) is 53.7 Å². The van der Waals surface area contributed by atoms with Crippen LogP contribution < -0.4 is 20.3 Å². The Hall–Kier alpha value is -2.76. The van der Waals surface area contributed by atoms with Gasteiger partial charge in [0.15, 0.2) is 5.96 Å². The zero-order valence-corrected chi connectivity index (χ0v) is 15.5. The van der Waals surface area contributed by atoms with Gasteiger partial charge < -0.3 is 20.3 Å². The Morgan fingerprint density at radius 3 is 2.54 bits per heavy atom. The molecule has 1 fully saturated rings. The Labute approximate surface area is 155 Å². The first-order chi connectivity index (χ1) is 12.8. The van der Waals surface area contributed by atoms with Gasteiger partial charge in [-0.2, -0.15) is 0 Å². The van der Waals surface area contributed by atoms with Crippen molar-refractivity contribution in [3.63, 3.8) is 0 Å². The van der Waals surface area contributed by atoms with Crippen molar-refractivity contribution in [3.8, 4) is 5.75 Å². The summed E-state index contributed by atoms with van der Waals surface area (Å²) in [7, 11) is 3.46. The molecular formula is C20H27N5O. The third-order valence-electron chi connectivity index (χ3n) is 4.52. The SMILES string of the molecule is CN=C(NCc1cccc(OC)c1)NCc1ccnc(N2CCCC2)c1. The Bertz CT molecular complexity index is 740. The third-order valence-corrected chi connectivity index (χ3v) is 4.52. The Morgan fingerprint density at radius 2 is 1.85 bits per heavy atom. The molecule has 0 unspecified atom stereocenters. The largest absolute Gasteiger partial charge is 0.497 e. The molecule has 6 nitrogen and oxygen atoms in total. The molecule has 1 aromatic heterocycles. The molecule has 26 heavy (non-hydrogen) atoms. The van der Waals surface area contributed by atoms with Gasteiger partial charge in [0, 0.05) is 39.4 Å². The van der Waals surface area contributed by atoms with Crippen LogP contribution in [0, 0.1) is 0 Å². The zero-order chi connectivity index (χ0) is 18.2. The predicted molar refractivity (Wildman–Crippen MR) is 106 cm³/mol. The number of aliphatic imine (C=N–C) groups is 1. The van der Waals surface area contributed by atoms with Crippen LogP contribution in [0.25, 0.3) is 0 Å². The van der Waals surface area contributed by atoms with E-state index in [9.17, 15) is 0 Å². The van der Waals surface area contributed by atoms with E-state index in [0.29, 0.717) is 13.1 Å². The molecule has 0 spiro atoms. The van der Waals surface area contributed by atoms with Crippen LogP contribution in [-0.2, 0) is 13.1 Å². The van der Waals surface area contributed by atoms with E-state index in [-0.39, 0.29) is 0 Å². The lowest BCUT2D eigenvalue weighted by atomic mass is 10.2. The van der Waals surface area contributed by atoms with Gasteiger partial charge in [-0.3, -0.25) is 4.99 Å². The highest BCUT2D eigenvalue weighted by atomic mass is 16.5. The number of pyridine rings is 1. The number of methoxy groups -OCH3 is 1. The van der Waals surface area contributed by atoms with Crippen LogP contribution in [0.4, 0.5) is 5.82 Å². The number of rotatable bonds is 6. The van der Waals surface area contributed by atoms with Crippen LogP contribution in [0.2, 0.25) is 0 Å². The van der Waals surface area contributed by atoms with Gasteiger partial charge in [0.1, 0.15) is 11.6 Å². The minimum Gasteiger partial charge on any atom is -0.497 e. The number of benzene rings is 1. The van der Waals surface area contributed by atoms with Gasteiger partial charge in [0.25, 0.3) is 0 Å². The lowest BCUT2D eigenvalue weighted by Crippen LogP contribution is -2.36. The van der Waals surface area contributed by atoms with Crippen LogP contribution in [-0.4, -0.2) is 38.2 Å². The lowest BCUT2D eigenvalue weighted by molar-refractivity contribution is 0.414. The number of anilines is 1. The average Bonchev–Trinajstić information content (AvgIpc) is 3.23. The minimum absolute atomic E-state index is 0.687. The maximum absolute atomic E-state index is 5.26. The van der Waals surface area contributed by atoms with Crippen LogP contribution in [0.5, 0.6) is 5.75 Å². The number of hydrogen-bond acceptors (Lipinski definition) is 4. The van der Waals surface area contributed by atoms with Gasteiger partial charge >= 0.3 is 0 Å². The standard InChI is InChI=1S/C20H27N5O/c1-21-20(23-14-16-6-5-7-18(12-16)26-2)24-15-17-8-9-22-19(13-17)25-10-3-4-11-25/h5-9,12-13H,3-4,10-11,14-15H2,1-2H3,(H2,21,23,24). The second-order valence-electron chi connectivity index (χ2n) is 6.35. The lowest BCUT2D eigenvalue weighted by Gasteiger charge is -2.17. The highest BCUT2D eigenvalue weighted by Gasteiger charge is 2.13. The molecule has 0 saturated carbocycles. The fraction of sp³-hybridized carbons (Fsp3) is 0.400. The first-order valence-corrected chi connectivity index (χ1v) is 9.06. The fourth-order valence-corrected chi connectivity index (χ4v) is 3.06. The summed E-state index contributed by atoms with van der Waals surface area (Å²) in [6.45, 7) is 3.61. The smallest absolute Gasteiger partial charge is 0.191 e. The van der Waals surface area contributed by atoms with Crippen molar-refractivity contribution >= 4 is 11.8 Å². The topological polar surface area (TPSA) is 61.8 Å². The second kappa shape index (κ2) is 9.08. The first-order valence-electron chi connectivity index (χ1n) is 9.06. The summed E-state index contributed by atoms with van der Waals surface area (Å²) in [6, 6.07) is 12.2. The maximum Gasteiger partial charge on any atom is 0.191 e. The summed E-state index contributed by atoms with van der Waals surface area (Å²) in [5.41, 5.74) is 2.35. The van der Waals surface area contributed by atoms with E-state index in [1.54, 1.807) is 14.2 Å². The Balaban J connectivity index is 1.53. The summed E-state index contributed by atoms with van der Waals surface area (Å²) in [4.78, 5) is 11.1. The number of ether oxygens (including phenoxy) is 1. The Kier molecular flexibility index (Phi) is 6.30. The average molecular weight is 353 g/mol. The van der Waals surface area contributed by atoms with Crippen LogP contribution in [0.3, 0.4) is 0 Å². The molecule has 138 valence electrons. The summed E-state index contributed by atoms with van der Waals surface area (Å²) < 4.78 is 5.26. The van der Waals surface area contributed by atoms with Crippen molar-refractivity contribution in [1.82, 2.24) is 15.6 Å². The van der Waals surface area contributed by atoms with E-state index in [1.807, 2.05) is 30.5 Å².